The largest absolute Gasteiger partial charge is 0.493 e. The molecule has 0 bridgehead atoms. The summed E-state index contributed by atoms with van der Waals surface area (Å²) in [5.41, 5.74) is 2.63. The van der Waals surface area contributed by atoms with Crippen LogP contribution in [0.1, 0.15) is 12.5 Å². The number of carbonyl (C=O) groups is 2. The van der Waals surface area contributed by atoms with Gasteiger partial charge in [-0.25, -0.2) is 0 Å². The summed E-state index contributed by atoms with van der Waals surface area (Å²) in [5.74, 6) is 1.25. The second kappa shape index (κ2) is 9.32. The molecule has 0 saturated carbocycles. The number of benzene rings is 2. The Labute approximate surface area is 171 Å². The van der Waals surface area contributed by atoms with Crippen LogP contribution in [0, 0.1) is 0 Å². The lowest BCUT2D eigenvalue weighted by atomic mass is 10.1. The summed E-state index contributed by atoms with van der Waals surface area (Å²) < 4.78 is 10.5. The van der Waals surface area contributed by atoms with E-state index in [1.165, 1.54) is 0 Å². The summed E-state index contributed by atoms with van der Waals surface area (Å²) in [5, 5.41) is 2.96. The molecule has 2 aromatic carbocycles. The zero-order valence-electron chi connectivity index (χ0n) is 17.1. The molecular formula is C22H27N3O4. The first kappa shape index (κ1) is 20.5. The molecule has 0 unspecified atom stereocenters. The molecule has 7 heteroatoms. The Balaban J connectivity index is 1.61. The van der Waals surface area contributed by atoms with Crippen molar-refractivity contribution in [2.45, 2.75) is 13.3 Å². The van der Waals surface area contributed by atoms with Gasteiger partial charge in [0.25, 0.3) is 0 Å². The van der Waals surface area contributed by atoms with E-state index in [-0.39, 0.29) is 18.2 Å². The number of rotatable bonds is 6. The fourth-order valence-corrected chi connectivity index (χ4v) is 3.44. The van der Waals surface area contributed by atoms with Gasteiger partial charge in [-0.1, -0.05) is 12.1 Å². The standard InChI is InChI=1S/C22H27N3O4/c1-16(26)24-9-11-25(12-10-24)19-6-4-5-18(15-19)23-22(27)14-17-7-8-20(28-2)21(13-17)29-3/h4-8,13,15H,9-12,14H2,1-3H3,(H,23,27). The molecule has 1 fully saturated rings. The summed E-state index contributed by atoms with van der Waals surface area (Å²) in [6, 6.07) is 13.3. The quantitative estimate of drug-likeness (QED) is 0.811. The first-order chi connectivity index (χ1) is 14.0. The predicted molar refractivity (Wildman–Crippen MR) is 113 cm³/mol. The van der Waals surface area contributed by atoms with Crippen molar-refractivity contribution < 1.29 is 19.1 Å². The van der Waals surface area contributed by atoms with Gasteiger partial charge in [0.15, 0.2) is 11.5 Å². The summed E-state index contributed by atoms with van der Waals surface area (Å²) >= 11 is 0. The van der Waals surface area contributed by atoms with E-state index in [0.29, 0.717) is 24.6 Å². The van der Waals surface area contributed by atoms with Crippen LogP contribution in [0.25, 0.3) is 0 Å². The van der Waals surface area contributed by atoms with Crippen LogP contribution in [0.15, 0.2) is 42.5 Å². The van der Waals surface area contributed by atoms with Gasteiger partial charge >= 0.3 is 0 Å². The van der Waals surface area contributed by atoms with E-state index in [0.717, 1.165) is 30.0 Å². The number of nitrogens with zero attached hydrogens (tertiary/aromatic N) is 2. The minimum absolute atomic E-state index is 0.101. The molecule has 1 aliphatic rings. The first-order valence-corrected chi connectivity index (χ1v) is 9.61. The van der Waals surface area contributed by atoms with E-state index in [4.69, 9.17) is 9.47 Å². The van der Waals surface area contributed by atoms with Crippen molar-refractivity contribution in [2.75, 3.05) is 50.6 Å². The number of piperazine rings is 1. The normalized spacial score (nSPS) is 13.8. The van der Waals surface area contributed by atoms with Crippen molar-refractivity contribution in [2.24, 2.45) is 0 Å². The molecule has 7 nitrogen and oxygen atoms in total. The van der Waals surface area contributed by atoms with Crippen molar-refractivity contribution in [3.63, 3.8) is 0 Å². The minimum atomic E-state index is -0.101. The van der Waals surface area contributed by atoms with Gasteiger partial charge in [0.05, 0.1) is 20.6 Å². The highest BCUT2D eigenvalue weighted by Crippen LogP contribution is 2.28. The second-order valence-electron chi connectivity index (χ2n) is 6.96. The number of carbonyl (C=O) groups excluding carboxylic acids is 2. The van der Waals surface area contributed by atoms with Gasteiger partial charge in [0, 0.05) is 44.5 Å². The lowest BCUT2D eigenvalue weighted by molar-refractivity contribution is -0.129. The third-order valence-corrected chi connectivity index (χ3v) is 5.03. The molecule has 1 saturated heterocycles. The number of hydrogen-bond acceptors (Lipinski definition) is 5. The topological polar surface area (TPSA) is 71.1 Å². The smallest absolute Gasteiger partial charge is 0.228 e. The van der Waals surface area contributed by atoms with Crippen LogP contribution >= 0.6 is 0 Å². The average Bonchev–Trinajstić information content (AvgIpc) is 2.73. The molecule has 0 aliphatic carbocycles. The summed E-state index contributed by atoms with van der Waals surface area (Å²) in [6.07, 6.45) is 0.238. The number of nitrogens with one attached hydrogen (secondary N) is 1. The van der Waals surface area contributed by atoms with Crippen LogP contribution in [0.4, 0.5) is 11.4 Å². The Morgan fingerprint density at radius 3 is 2.34 bits per heavy atom. The van der Waals surface area contributed by atoms with Crippen LogP contribution in [-0.4, -0.2) is 57.1 Å². The third-order valence-electron chi connectivity index (χ3n) is 5.03. The van der Waals surface area contributed by atoms with Gasteiger partial charge in [-0.05, 0) is 35.9 Å². The summed E-state index contributed by atoms with van der Waals surface area (Å²) in [7, 11) is 3.15. The van der Waals surface area contributed by atoms with E-state index in [1.807, 2.05) is 41.3 Å². The Morgan fingerprint density at radius 2 is 1.69 bits per heavy atom. The highest BCUT2D eigenvalue weighted by Gasteiger charge is 2.19. The van der Waals surface area contributed by atoms with Gasteiger partial charge in [-0.15, -0.1) is 0 Å². The van der Waals surface area contributed by atoms with Crippen LogP contribution in [0.2, 0.25) is 0 Å². The molecule has 2 aromatic rings. The molecule has 3 rings (SSSR count). The molecule has 1 N–H and O–H groups in total. The Kier molecular flexibility index (Phi) is 6.59. The van der Waals surface area contributed by atoms with Gasteiger partial charge in [0.1, 0.15) is 0 Å². The van der Waals surface area contributed by atoms with Crippen molar-refractivity contribution in [1.82, 2.24) is 4.90 Å². The summed E-state index contributed by atoms with van der Waals surface area (Å²) in [6.45, 7) is 4.59. The molecule has 29 heavy (non-hydrogen) atoms. The van der Waals surface area contributed by atoms with E-state index >= 15 is 0 Å². The lowest BCUT2D eigenvalue weighted by Gasteiger charge is -2.35. The molecule has 0 aromatic heterocycles. The maximum absolute atomic E-state index is 12.5. The predicted octanol–water partition coefficient (Wildman–Crippen LogP) is 2.55. The number of anilines is 2. The fraction of sp³-hybridized carbons (Fsp3) is 0.364. The van der Waals surface area contributed by atoms with E-state index < -0.39 is 0 Å². The molecule has 2 amide bonds. The molecule has 0 atom stereocenters. The third kappa shape index (κ3) is 5.19. The number of amides is 2. The lowest BCUT2D eigenvalue weighted by Crippen LogP contribution is -2.48. The number of hydrogen-bond donors (Lipinski definition) is 1. The van der Waals surface area contributed by atoms with Crippen molar-refractivity contribution >= 4 is 23.2 Å². The Morgan fingerprint density at radius 1 is 0.966 bits per heavy atom. The van der Waals surface area contributed by atoms with Crippen molar-refractivity contribution in [3.05, 3.63) is 48.0 Å². The van der Waals surface area contributed by atoms with E-state index in [2.05, 4.69) is 10.2 Å². The maximum atomic E-state index is 12.5. The van der Waals surface area contributed by atoms with Gasteiger partial charge < -0.3 is 24.6 Å². The zero-order valence-corrected chi connectivity index (χ0v) is 17.1. The molecule has 0 radical (unpaired) electrons. The molecule has 1 heterocycles. The SMILES string of the molecule is COc1ccc(CC(=O)Nc2cccc(N3CCN(C(C)=O)CC3)c2)cc1OC. The number of methoxy groups -OCH3 is 2. The van der Waals surface area contributed by atoms with Gasteiger partial charge in [-0.3, -0.25) is 9.59 Å². The molecule has 0 spiro atoms. The van der Waals surface area contributed by atoms with E-state index in [9.17, 15) is 9.59 Å². The number of ether oxygens (including phenoxy) is 2. The average molecular weight is 397 g/mol. The minimum Gasteiger partial charge on any atom is -0.493 e. The molecular weight excluding hydrogens is 370 g/mol. The Hall–Kier alpha value is -3.22. The summed E-state index contributed by atoms with van der Waals surface area (Å²) in [4.78, 5) is 28.1. The Bertz CT molecular complexity index is 876. The van der Waals surface area contributed by atoms with Crippen molar-refractivity contribution in [1.29, 1.82) is 0 Å². The first-order valence-electron chi connectivity index (χ1n) is 9.61. The van der Waals surface area contributed by atoms with Crippen LogP contribution in [0.5, 0.6) is 11.5 Å². The van der Waals surface area contributed by atoms with Crippen LogP contribution in [0.3, 0.4) is 0 Å². The monoisotopic (exact) mass is 397 g/mol. The zero-order chi connectivity index (χ0) is 20.8. The fourth-order valence-electron chi connectivity index (χ4n) is 3.44. The second-order valence-corrected chi connectivity index (χ2v) is 6.96. The van der Waals surface area contributed by atoms with Crippen LogP contribution in [-0.2, 0) is 16.0 Å². The molecule has 154 valence electrons. The van der Waals surface area contributed by atoms with E-state index in [1.54, 1.807) is 27.2 Å². The highest BCUT2D eigenvalue weighted by molar-refractivity contribution is 5.92. The van der Waals surface area contributed by atoms with Crippen LogP contribution < -0.4 is 19.7 Å². The highest BCUT2D eigenvalue weighted by atomic mass is 16.5. The maximum Gasteiger partial charge on any atom is 0.228 e. The molecule has 1 aliphatic heterocycles. The van der Waals surface area contributed by atoms with Crippen molar-refractivity contribution in [3.8, 4) is 11.5 Å². The van der Waals surface area contributed by atoms with Gasteiger partial charge in [0.2, 0.25) is 11.8 Å². The van der Waals surface area contributed by atoms with Gasteiger partial charge in [-0.2, -0.15) is 0 Å².